The highest BCUT2D eigenvalue weighted by Gasteiger charge is 2.48. The summed E-state index contributed by atoms with van der Waals surface area (Å²) in [5.74, 6) is 2.16. The van der Waals surface area contributed by atoms with Gasteiger partial charge in [-0.05, 0) is 49.8 Å². The van der Waals surface area contributed by atoms with E-state index in [0.717, 1.165) is 38.4 Å². The summed E-state index contributed by atoms with van der Waals surface area (Å²) >= 11 is 0. The maximum Gasteiger partial charge on any atom is 0.150 e. The summed E-state index contributed by atoms with van der Waals surface area (Å²) in [5, 5.41) is 0. The number of hydrogen-bond donors (Lipinski definition) is 0. The van der Waals surface area contributed by atoms with Gasteiger partial charge in [0.05, 0.1) is 11.5 Å². The Kier molecular flexibility index (Phi) is 4.22. The van der Waals surface area contributed by atoms with Gasteiger partial charge < -0.3 is 0 Å². The molecule has 132 valence electrons. The second-order valence-electron chi connectivity index (χ2n) is 8.00. The van der Waals surface area contributed by atoms with Gasteiger partial charge in [0.15, 0.2) is 0 Å². The van der Waals surface area contributed by atoms with Crippen molar-refractivity contribution in [1.82, 2.24) is 9.80 Å². The first-order chi connectivity index (χ1) is 11.4. The Morgan fingerprint density at radius 1 is 1.04 bits per heavy atom. The van der Waals surface area contributed by atoms with Crippen LogP contribution in [-0.2, 0) is 9.84 Å². The highest BCUT2D eigenvalue weighted by molar-refractivity contribution is 7.91. The van der Waals surface area contributed by atoms with E-state index in [2.05, 4.69) is 48.0 Å². The van der Waals surface area contributed by atoms with E-state index in [4.69, 9.17) is 0 Å². The number of benzene rings is 1. The largest absolute Gasteiger partial charge is 0.300 e. The summed E-state index contributed by atoms with van der Waals surface area (Å²) in [7, 11) is -0.510. The molecule has 3 aliphatic heterocycles. The molecule has 0 amide bonds. The minimum atomic E-state index is -2.77. The smallest absolute Gasteiger partial charge is 0.150 e. The Morgan fingerprint density at radius 2 is 1.75 bits per heavy atom. The van der Waals surface area contributed by atoms with Crippen LogP contribution in [0.3, 0.4) is 0 Å². The van der Waals surface area contributed by atoms with E-state index in [0.29, 0.717) is 29.5 Å². The molecule has 0 bridgehead atoms. The van der Waals surface area contributed by atoms with Crippen molar-refractivity contribution < 1.29 is 8.42 Å². The topological polar surface area (TPSA) is 40.6 Å². The third-order valence-electron chi connectivity index (χ3n) is 6.47. The van der Waals surface area contributed by atoms with Crippen LogP contribution in [0.1, 0.15) is 30.0 Å². The Hall–Kier alpha value is -0.910. The minimum absolute atomic E-state index is 0.380. The molecular formula is C19H28N2O2S. The van der Waals surface area contributed by atoms with Gasteiger partial charge in [-0.1, -0.05) is 24.3 Å². The maximum absolute atomic E-state index is 11.7. The molecule has 0 spiro atoms. The van der Waals surface area contributed by atoms with Crippen LogP contribution in [0, 0.1) is 18.8 Å². The van der Waals surface area contributed by atoms with Crippen LogP contribution < -0.4 is 0 Å². The van der Waals surface area contributed by atoms with Gasteiger partial charge in [0.2, 0.25) is 0 Å². The lowest BCUT2D eigenvalue weighted by atomic mass is 9.88. The van der Waals surface area contributed by atoms with Crippen LogP contribution in [0.4, 0.5) is 0 Å². The van der Waals surface area contributed by atoms with Crippen LogP contribution >= 0.6 is 0 Å². The summed E-state index contributed by atoms with van der Waals surface area (Å²) in [6.45, 7) is 5.64. The molecule has 1 aromatic carbocycles. The maximum atomic E-state index is 11.7. The third-order valence-corrected chi connectivity index (χ3v) is 8.19. The van der Waals surface area contributed by atoms with Crippen LogP contribution in [0.2, 0.25) is 0 Å². The van der Waals surface area contributed by atoms with Crippen molar-refractivity contribution >= 4 is 9.84 Å². The standard InChI is InChI=1S/C19H28N2O2S/c1-14-5-3-4-6-17(14)19-18-13-21(12-15(18)11-20(19)2)16-7-9-24(22,23)10-8-16/h3-6,15-16,18-19H,7-13H2,1-2H3/t15-,18+,19-/m0/s1. The Balaban J connectivity index is 1.50. The van der Waals surface area contributed by atoms with Gasteiger partial charge in [-0.3, -0.25) is 9.80 Å². The van der Waals surface area contributed by atoms with Crippen molar-refractivity contribution in [1.29, 1.82) is 0 Å². The highest BCUT2D eigenvalue weighted by atomic mass is 32.2. The van der Waals surface area contributed by atoms with Gasteiger partial charge in [-0.25, -0.2) is 8.42 Å². The molecule has 3 heterocycles. The first kappa shape index (κ1) is 16.6. The van der Waals surface area contributed by atoms with Crippen molar-refractivity contribution in [2.75, 3.05) is 38.2 Å². The molecule has 0 saturated carbocycles. The molecule has 0 unspecified atom stereocenters. The second kappa shape index (κ2) is 6.11. The number of aryl methyl sites for hydroxylation is 1. The lowest BCUT2D eigenvalue weighted by Gasteiger charge is -2.33. The summed E-state index contributed by atoms with van der Waals surface area (Å²) in [6, 6.07) is 9.76. The normalized spacial score (nSPS) is 34.5. The van der Waals surface area contributed by atoms with E-state index < -0.39 is 9.84 Å². The average molecular weight is 349 g/mol. The zero-order valence-corrected chi connectivity index (χ0v) is 15.5. The number of hydrogen-bond acceptors (Lipinski definition) is 4. The molecular weight excluding hydrogens is 320 g/mol. The number of rotatable bonds is 2. The summed E-state index contributed by atoms with van der Waals surface area (Å²) in [4.78, 5) is 5.13. The van der Waals surface area contributed by atoms with Gasteiger partial charge >= 0.3 is 0 Å². The highest BCUT2D eigenvalue weighted by Crippen LogP contribution is 2.45. The van der Waals surface area contributed by atoms with E-state index in [1.807, 2.05) is 0 Å². The van der Waals surface area contributed by atoms with E-state index in [1.54, 1.807) is 0 Å². The number of nitrogens with zero attached hydrogens (tertiary/aromatic N) is 2. The molecule has 0 N–H and O–H groups in total. The fraction of sp³-hybridized carbons (Fsp3) is 0.684. The lowest BCUT2D eigenvalue weighted by molar-refractivity contribution is 0.178. The summed E-state index contributed by atoms with van der Waals surface area (Å²) in [6.07, 6.45) is 1.65. The lowest BCUT2D eigenvalue weighted by Crippen LogP contribution is -2.41. The van der Waals surface area contributed by atoms with Gasteiger partial charge in [-0.2, -0.15) is 0 Å². The molecule has 0 aliphatic carbocycles. The molecule has 3 aliphatic rings. The fourth-order valence-electron chi connectivity index (χ4n) is 5.22. The second-order valence-corrected chi connectivity index (χ2v) is 10.3. The summed E-state index contributed by atoms with van der Waals surface area (Å²) < 4.78 is 23.4. The van der Waals surface area contributed by atoms with Crippen LogP contribution in [0.15, 0.2) is 24.3 Å². The molecule has 0 aromatic heterocycles. The molecule has 3 saturated heterocycles. The quantitative estimate of drug-likeness (QED) is 0.821. The molecule has 3 fully saturated rings. The predicted molar refractivity (Wildman–Crippen MR) is 96.8 cm³/mol. The van der Waals surface area contributed by atoms with Gasteiger partial charge in [-0.15, -0.1) is 0 Å². The number of likely N-dealkylation sites (tertiary alicyclic amines) is 2. The van der Waals surface area contributed by atoms with Crippen LogP contribution in [0.25, 0.3) is 0 Å². The molecule has 5 heteroatoms. The number of fused-ring (bicyclic) bond motifs is 1. The fourth-order valence-corrected chi connectivity index (χ4v) is 6.69. The Bertz CT molecular complexity index is 704. The Labute approximate surface area is 145 Å². The van der Waals surface area contributed by atoms with E-state index in [-0.39, 0.29) is 0 Å². The van der Waals surface area contributed by atoms with E-state index >= 15 is 0 Å². The molecule has 3 atom stereocenters. The predicted octanol–water partition coefficient (Wildman–Crippen LogP) is 2.11. The van der Waals surface area contributed by atoms with Crippen LogP contribution in [0.5, 0.6) is 0 Å². The summed E-state index contributed by atoms with van der Waals surface area (Å²) in [5.41, 5.74) is 2.86. The van der Waals surface area contributed by atoms with E-state index in [1.165, 1.54) is 11.1 Å². The van der Waals surface area contributed by atoms with E-state index in [9.17, 15) is 8.42 Å². The van der Waals surface area contributed by atoms with Crippen molar-refractivity contribution in [3.63, 3.8) is 0 Å². The molecule has 0 radical (unpaired) electrons. The molecule has 4 rings (SSSR count). The zero-order chi connectivity index (χ0) is 16.9. The first-order valence-electron chi connectivity index (χ1n) is 9.15. The number of sulfone groups is 1. The molecule has 1 aromatic rings. The van der Waals surface area contributed by atoms with Gasteiger partial charge in [0.1, 0.15) is 9.84 Å². The van der Waals surface area contributed by atoms with Gasteiger partial charge in [0, 0.05) is 31.7 Å². The average Bonchev–Trinajstić information content (AvgIpc) is 3.05. The Morgan fingerprint density at radius 3 is 2.46 bits per heavy atom. The monoisotopic (exact) mass is 348 g/mol. The van der Waals surface area contributed by atoms with Gasteiger partial charge in [0.25, 0.3) is 0 Å². The molecule has 24 heavy (non-hydrogen) atoms. The third kappa shape index (κ3) is 2.91. The zero-order valence-electron chi connectivity index (χ0n) is 14.7. The molecule has 4 nitrogen and oxygen atoms in total. The van der Waals surface area contributed by atoms with Crippen molar-refractivity contribution in [2.45, 2.75) is 31.8 Å². The minimum Gasteiger partial charge on any atom is -0.300 e. The van der Waals surface area contributed by atoms with Crippen molar-refractivity contribution in [2.24, 2.45) is 11.8 Å². The van der Waals surface area contributed by atoms with Crippen molar-refractivity contribution in [3.05, 3.63) is 35.4 Å². The first-order valence-corrected chi connectivity index (χ1v) is 11.0. The van der Waals surface area contributed by atoms with Crippen molar-refractivity contribution in [3.8, 4) is 0 Å². The SMILES string of the molecule is Cc1ccccc1[C@H]1[C@@H]2CN(C3CCS(=O)(=O)CC3)C[C@@H]2CN1C. The van der Waals surface area contributed by atoms with Crippen LogP contribution in [-0.4, -0.2) is 62.4 Å².